The van der Waals surface area contributed by atoms with Gasteiger partial charge in [-0.2, -0.15) is 0 Å². The van der Waals surface area contributed by atoms with Crippen LogP contribution in [0.5, 0.6) is 0 Å². The number of hydrogen-bond acceptors (Lipinski definition) is 1. The van der Waals surface area contributed by atoms with Crippen molar-refractivity contribution in [2.75, 3.05) is 19.6 Å². The molecule has 0 N–H and O–H groups in total. The molecule has 1 heterocycles. The van der Waals surface area contributed by atoms with Crippen LogP contribution in [0.3, 0.4) is 0 Å². The summed E-state index contributed by atoms with van der Waals surface area (Å²) < 4.78 is 0. The van der Waals surface area contributed by atoms with Crippen LogP contribution >= 0.6 is 23.2 Å². The van der Waals surface area contributed by atoms with Gasteiger partial charge in [0.1, 0.15) is 0 Å². The van der Waals surface area contributed by atoms with Gasteiger partial charge >= 0.3 is 0 Å². The van der Waals surface area contributed by atoms with E-state index in [0.717, 1.165) is 23.6 Å². The third kappa shape index (κ3) is 4.88. The van der Waals surface area contributed by atoms with Gasteiger partial charge in [-0.1, -0.05) is 66.5 Å². The maximum absolute atomic E-state index is 6.31. The van der Waals surface area contributed by atoms with Crippen LogP contribution in [0.2, 0.25) is 10.0 Å². The lowest BCUT2D eigenvalue weighted by molar-refractivity contribution is 0.210. The Kier molecular flexibility index (Phi) is 6.22. The van der Waals surface area contributed by atoms with Crippen LogP contribution in [0.15, 0.2) is 48.5 Å². The molecule has 1 nitrogen and oxygen atoms in total. The van der Waals surface area contributed by atoms with E-state index >= 15 is 0 Å². The van der Waals surface area contributed by atoms with Crippen molar-refractivity contribution < 1.29 is 0 Å². The SMILES string of the molecule is CC(=CCN1CCC(C)CC1)c1ccc(-c2ccc(Cl)cc2Cl)cc1. The van der Waals surface area contributed by atoms with Crippen LogP contribution in [0.4, 0.5) is 0 Å². The third-order valence-corrected chi connectivity index (χ3v) is 5.66. The predicted molar refractivity (Wildman–Crippen MR) is 110 cm³/mol. The van der Waals surface area contributed by atoms with Crippen molar-refractivity contribution in [2.24, 2.45) is 5.92 Å². The molecule has 0 saturated carbocycles. The molecule has 0 spiro atoms. The van der Waals surface area contributed by atoms with Crippen molar-refractivity contribution in [3.63, 3.8) is 0 Å². The molecule has 0 aliphatic carbocycles. The molecule has 0 bridgehead atoms. The van der Waals surface area contributed by atoms with E-state index in [0.29, 0.717) is 10.0 Å². The molecule has 2 aromatic rings. The van der Waals surface area contributed by atoms with Crippen molar-refractivity contribution in [3.8, 4) is 11.1 Å². The minimum Gasteiger partial charge on any atom is -0.300 e. The first kappa shape index (κ1) is 18.5. The second-order valence-corrected chi connectivity index (χ2v) is 7.92. The van der Waals surface area contributed by atoms with E-state index in [2.05, 4.69) is 49.1 Å². The topological polar surface area (TPSA) is 3.24 Å². The molecular weight excluding hydrogens is 349 g/mol. The zero-order valence-electron chi connectivity index (χ0n) is 14.9. The summed E-state index contributed by atoms with van der Waals surface area (Å²) in [7, 11) is 0. The molecule has 132 valence electrons. The van der Waals surface area contributed by atoms with Crippen molar-refractivity contribution in [1.82, 2.24) is 4.90 Å². The van der Waals surface area contributed by atoms with Crippen LogP contribution in [0.1, 0.15) is 32.3 Å². The Hall–Kier alpha value is -1.28. The van der Waals surface area contributed by atoms with Gasteiger partial charge in [0.05, 0.1) is 0 Å². The average molecular weight is 374 g/mol. The van der Waals surface area contributed by atoms with E-state index in [1.165, 1.54) is 37.1 Å². The van der Waals surface area contributed by atoms with Crippen LogP contribution in [-0.4, -0.2) is 24.5 Å². The number of rotatable bonds is 4. The van der Waals surface area contributed by atoms with Gasteiger partial charge in [-0.25, -0.2) is 0 Å². The summed E-state index contributed by atoms with van der Waals surface area (Å²) in [5.41, 5.74) is 4.72. The molecule has 1 fully saturated rings. The Morgan fingerprint density at radius 2 is 1.76 bits per heavy atom. The van der Waals surface area contributed by atoms with E-state index < -0.39 is 0 Å². The zero-order valence-corrected chi connectivity index (χ0v) is 16.4. The summed E-state index contributed by atoms with van der Waals surface area (Å²) in [6.45, 7) is 8.03. The number of piperidine rings is 1. The Morgan fingerprint density at radius 3 is 2.40 bits per heavy atom. The molecule has 0 amide bonds. The van der Waals surface area contributed by atoms with E-state index in [1.807, 2.05) is 12.1 Å². The molecule has 1 aliphatic rings. The molecule has 3 heteroatoms. The highest BCUT2D eigenvalue weighted by atomic mass is 35.5. The standard InChI is InChI=1S/C22H25Cl2N/c1-16-9-12-25(13-10-16)14-11-17(2)18-3-5-19(6-4-18)21-8-7-20(23)15-22(21)24/h3-8,11,15-16H,9-10,12-14H2,1-2H3. The maximum Gasteiger partial charge on any atom is 0.0499 e. The fourth-order valence-corrected chi connectivity index (χ4v) is 3.78. The van der Waals surface area contributed by atoms with Gasteiger partial charge < -0.3 is 0 Å². The van der Waals surface area contributed by atoms with E-state index in [4.69, 9.17) is 23.2 Å². The van der Waals surface area contributed by atoms with Crippen molar-refractivity contribution in [1.29, 1.82) is 0 Å². The molecule has 2 aromatic carbocycles. The minimum atomic E-state index is 0.663. The van der Waals surface area contributed by atoms with Gasteiger partial charge in [-0.05, 0) is 67.6 Å². The fourth-order valence-electron chi connectivity index (χ4n) is 3.26. The zero-order chi connectivity index (χ0) is 17.8. The van der Waals surface area contributed by atoms with Gasteiger partial charge in [0.2, 0.25) is 0 Å². The normalized spacial score (nSPS) is 17.0. The van der Waals surface area contributed by atoms with E-state index in [1.54, 1.807) is 6.07 Å². The highest BCUT2D eigenvalue weighted by Gasteiger charge is 2.14. The molecule has 1 aliphatic heterocycles. The fraction of sp³-hybridized carbons (Fsp3) is 0.364. The van der Waals surface area contributed by atoms with Crippen LogP contribution in [0, 0.1) is 5.92 Å². The number of nitrogens with zero attached hydrogens (tertiary/aromatic N) is 1. The first-order valence-electron chi connectivity index (χ1n) is 8.98. The Labute approximate surface area is 161 Å². The van der Waals surface area contributed by atoms with E-state index in [9.17, 15) is 0 Å². The first-order valence-corrected chi connectivity index (χ1v) is 9.73. The monoisotopic (exact) mass is 373 g/mol. The highest BCUT2D eigenvalue weighted by Crippen LogP contribution is 2.31. The van der Waals surface area contributed by atoms with Crippen LogP contribution < -0.4 is 0 Å². The van der Waals surface area contributed by atoms with Crippen molar-refractivity contribution in [2.45, 2.75) is 26.7 Å². The predicted octanol–water partition coefficient (Wildman–Crippen LogP) is 6.80. The second kappa shape index (κ2) is 8.40. The number of halogens is 2. The summed E-state index contributed by atoms with van der Waals surface area (Å²) in [4.78, 5) is 2.55. The molecule has 0 aromatic heterocycles. The lowest BCUT2D eigenvalue weighted by Gasteiger charge is -2.29. The molecule has 1 saturated heterocycles. The van der Waals surface area contributed by atoms with Crippen molar-refractivity contribution >= 4 is 28.8 Å². The van der Waals surface area contributed by atoms with Gasteiger partial charge in [-0.15, -0.1) is 0 Å². The number of benzene rings is 2. The third-order valence-electron chi connectivity index (χ3n) is 5.11. The van der Waals surface area contributed by atoms with E-state index in [-0.39, 0.29) is 0 Å². The lowest BCUT2D eigenvalue weighted by atomic mass is 9.98. The van der Waals surface area contributed by atoms with Gasteiger partial charge in [0.25, 0.3) is 0 Å². The van der Waals surface area contributed by atoms with Crippen LogP contribution in [-0.2, 0) is 0 Å². The summed E-state index contributed by atoms with van der Waals surface area (Å²) >= 11 is 12.3. The summed E-state index contributed by atoms with van der Waals surface area (Å²) in [6.07, 6.45) is 4.99. The largest absolute Gasteiger partial charge is 0.300 e. The molecule has 0 atom stereocenters. The number of allylic oxidation sites excluding steroid dienone is 1. The molecule has 3 rings (SSSR count). The summed E-state index contributed by atoms with van der Waals surface area (Å²) in [5, 5.41) is 1.35. The average Bonchev–Trinajstić information content (AvgIpc) is 2.61. The van der Waals surface area contributed by atoms with Gasteiger partial charge in [0.15, 0.2) is 0 Å². The molecule has 25 heavy (non-hydrogen) atoms. The molecular formula is C22H25Cl2N. The Morgan fingerprint density at radius 1 is 1.08 bits per heavy atom. The maximum atomic E-state index is 6.31. The molecule has 0 unspecified atom stereocenters. The Bertz CT molecular complexity index is 741. The first-order chi connectivity index (χ1) is 12.0. The summed E-state index contributed by atoms with van der Waals surface area (Å²) in [5.74, 6) is 0.883. The minimum absolute atomic E-state index is 0.663. The van der Waals surface area contributed by atoms with Gasteiger partial charge in [0, 0.05) is 22.2 Å². The lowest BCUT2D eigenvalue weighted by Crippen LogP contribution is -2.32. The van der Waals surface area contributed by atoms with Crippen molar-refractivity contribution in [3.05, 3.63) is 64.1 Å². The Balaban J connectivity index is 1.68. The van der Waals surface area contributed by atoms with Gasteiger partial charge in [-0.3, -0.25) is 4.90 Å². The number of likely N-dealkylation sites (tertiary alicyclic amines) is 1. The quantitative estimate of drug-likeness (QED) is 0.569. The second-order valence-electron chi connectivity index (χ2n) is 7.07. The van der Waals surface area contributed by atoms with Crippen LogP contribution in [0.25, 0.3) is 16.7 Å². The highest BCUT2D eigenvalue weighted by molar-refractivity contribution is 6.36. The smallest absolute Gasteiger partial charge is 0.0499 e. The molecule has 0 radical (unpaired) electrons. The summed E-state index contributed by atoms with van der Waals surface area (Å²) in [6, 6.07) is 14.2. The number of hydrogen-bond donors (Lipinski definition) is 0.